The van der Waals surface area contributed by atoms with E-state index in [0.29, 0.717) is 0 Å². The lowest BCUT2D eigenvalue weighted by Crippen LogP contribution is -2.47. The van der Waals surface area contributed by atoms with Gasteiger partial charge < -0.3 is 10.0 Å². The summed E-state index contributed by atoms with van der Waals surface area (Å²) in [6.45, 7) is 6.13. The average molecular weight is 281 g/mol. The van der Waals surface area contributed by atoms with Gasteiger partial charge in [-0.3, -0.25) is 4.90 Å². The van der Waals surface area contributed by atoms with Crippen LogP contribution in [0, 0.1) is 0 Å². The van der Waals surface area contributed by atoms with Crippen LogP contribution in [0.25, 0.3) is 0 Å². The van der Waals surface area contributed by atoms with E-state index in [1.807, 2.05) is 18.2 Å². The molecule has 0 spiro atoms. The molecule has 1 atom stereocenters. The molecule has 19 heavy (non-hydrogen) atoms. The molecule has 3 rings (SSSR count). The topological polar surface area (TPSA) is 26.7 Å². The number of nitrogens with zero attached hydrogens (tertiary/aromatic N) is 2. The van der Waals surface area contributed by atoms with Gasteiger partial charge in [-0.1, -0.05) is 17.7 Å². The van der Waals surface area contributed by atoms with Crippen LogP contribution in [0.15, 0.2) is 18.2 Å². The molecule has 1 saturated heterocycles. The van der Waals surface area contributed by atoms with Crippen molar-refractivity contribution in [1.29, 1.82) is 0 Å². The maximum atomic E-state index is 9.57. The Labute approximate surface area is 119 Å². The van der Waals surface area contributed by atoms with Crippen molar-refractivity contribution in [2.75, 3.05) is 31.1 Å². The number of aliphatic hydroxyl groups excluding tert-OH is 1. The minimum Gasteiger partial charge on any atom is -0.389 e. The fraction of sp³-hybridized carbons (Fsp3) is 0.600. The Morgan fingerprint density at radius 2 is 1.89 bits per heavy atom. The zero-order valence-electron chi connectivity index (χ0n) is 11.3. The second-order valence-corrected chi connectivity index (χ2v) is 6.05. The maximum Gasteiger partial charge on any atom is 0.0762 e. The third kappa shape index (κ3) is 2.88. The third-order valence-corrected chi connectivity index (χ3v) is 4.48. The quantitative estimate of drug-likeness (QED) is 0.922. The first kappa shape index (κ1) is 13.2. The van der Waals surface area contributed by atoms with Crippen LogP contribution in [0.2, 0.25) is 5.02 Å². The molecular weight excluding hydrogens is 260 g/mol. The summed E-state index contributed by atoms with van der Waals surface area (Å²) in [7, 11) is 0. The van der Waals surface area contributed by atoms with Gasteiger partial charge in [0.1, 0.15) is 0 Å². The van der Waals surface area contributed by atoms with E-state index in [0.717, 1.165) is 48.5 Å². The Morgan fingerprint density at radius 1 is 1.21 bits per heavy atom. The summed E-state index contributed by atoms with van der Waals surface area (Å²) in [6, 6.07) is 6.75. The van der Waals surface area contributed by atoms with E-state index in [-0.39, 0.29) is 0 Å². The third-order valence-electron chi connectivity index (χ3n) is 4.17. The SMILES string of the molecule is CC(O)c1ccc(N2CCN(C3CC3)CC2)c(Cl)c1. The molecule has 1 heterocycles. The summed E-state index contributed by atoms with van der Waals surface area (Å²) in [5.41, 5.74) is 1.98. The molecule has 1 unspecified atom stereocenters. The predicted molar refractivity (Wildman–Crippen MR) is 78.9 cm³/mol. The molecule has 2 aliphatic rings. The fourth-order valence-electron chi connectivity index (χ4n) is 2.81. The number of anilines is 1. The van der Waals surface area contributed by atoms with Crippen molar-refractivity contribution in [3.63, 3.8) is 0 Å². The average Bonchev–Trinajstić information content (AvgIpc) is 3.23. The first-order chi connectivity index (χ1) is 9.15. The summed E-state index contributed by atoms with van der Waals surface area (Å²) < 4.78 is 0. The number of rotatable bonds is 3. The van der Waals surface area contributed by atoms with Crippen LogP contribution in [-0.4, -0.2) is 42.2 Å². The lowest BCUT2D eigenvalue weighted by molar-refractivity contribution is 0.199. The zero-order chi connectivity index (χ0) is 13.4. The van der Waals surface area contributed by atoms with E-state index in [2.05, 4.69) is 9.80 Å². The van der Waals surface area contributed by atoms with Crippen LogP contribution in [0.3, 0.4) is 0 Å². The molecule has 2 fully saturated rings. The Hall–Kier alpha value is -0.770. The summed E-state index contributed by atoms with van der Waals surface area (Å²) in [4.78, 5) is 4.95. The van der Waals surface area contributed by atoms with Gasteiger partial charge in [0.2, 0.25) is 0 Å². The smallest absolute Gasteiger partial charge is 0.0762 e. The summed E-state index contributed by atoms with van der Waals surface area (Å²) >= 11 is 6.35. The number of hydrogen-bond acceptors (Lipinski definition) is 3. The van der Waals surface area contributed by atoms with Gasteiger partial charge in [0.05, 0.1) is 16.8 Å². The molecule has 0 bridgehead atoms. The van der Waals surface area contributed by atoms with Crippen molar-refractivity contribution in [2.24, 2.45) is 0 Å². The molecule has 104 valence electrons. The maximum absolute atomic E-state index is 9.57. The van der Waals surface area contributed by atoms with E-state index < -0.39 is 6.10 Å². The molecule has 1 N–H and O–H groups in total. The van der Waals surface area contributed by atoms with Crippen LogP contribution in [-0.2, 0) is 0 Å². The van der Waals surface area contributed by atoms with Crippen LogP contribution >= 0.6 is 11.6 Å². The van der Waals surface area contributed by atoms with E-state index >= 15 is 0 Å². The highest BCUT2D eigenvalue weighted by Crippen LogP contribution is 2.32. The van der Waals surface area contributed by atoms with Crippen molar-refractivity contribution >= 4 is 17.3 Å². The number of benzene rings is 1. The monoisotopic (exact) mass is 280 g/mol. The van der Waals surface area contributed by atoms with Gasteiger partial charge >= 0.3 is 0 Å². The Balaban J connectivity index is 1.69. The summed E-state index contributed by atoms with van der Waals surface area (Å²) in [6.07, 6.45) is 2.30. The van der Waals surface area contributed by atoms with Gasteiger partial charge in [0.25, 0.3) is 0 Å². The largest absolute Gasteiger partial charge is 0.389 e. The van der Waals surface area contributed by atoms with Crippen molar-refractivity contribution in [3.8, 4) is 0 Å². The van der Waals surface area contributed by atoms with Crippen molar-refractivity contribution < 1.29 is 5.11 Å². The first-order valence-electron chi connectivity index (χ1n) is 7.11. The number of piperazine rings is 1. The van der Waals surface area contributed by atoms with Crippen molar-refractivity contribution in [1.82, 2.24) is 4.90 Å². The number of aliphatic hydroxyl groups is 1. The predicted octanol–water partition coefficient (Wildman–Crippen LogP) is 2.68. The normalized spacial score (nSPS) is 22.6. The zero-order valence-corrected chi connectivity index (χ0v) is 12.1. The van der Waals surface area contributed by atoms with Gasteiger partial charge in [-0.25, -0.2) is 0 Å². The van der Waals surface area contributed by atoms with Crippen LogP contribution in [0.1, 0.15) is 31.4 Å². The number of halogens is 1. The summed E-state index contributed by atoms with van der Waals surface area (Å²) in [5.74, 6) is 0. The molecular formula is C15H21ClN2O. The Kier molecular flexibility index (Phi) is 3.70. The van der Waals surface area contributed by atoms with E-state index in [1.165, 1.54) is 12.8 Å². The minimum absolute atomic E-state index is 0.460. The van der Waals surface area contributed by atoms with E-state index in [4.69, 9.17) is 11.6 Å². The van der Waals surface area contributed by atoms with Crippen LogP contribution in [0.5, 0.6) is 0 Å². The molecule has 1 saturated carbocycles. The van der Waals surface area contributed by atoms with Gasteiger partial charge in [-0.05, 0) is 37.5 Å². The van der Waals surface area contributed by atoms with Gasteiger partial charge in [-0.2, -0.15) is 0 Å². The molecule has 3 nitrogen and oxygen atoms in total. The van der Waals surface area contributed by atoms with E-state index in [1.54, 1.807) is 6.92 Å². The molecule has 0 aromatic heterocycles. The Bertz CT molecular complexity index is 451. The van der Waals surface area contributed by atoms with Gasteiger partial charge in [-0.15, -0.1) is 0 Å². The molecule has 4 heteroatoms. The number of hydrogen-bond donors (Lipinski definition) is 1. The second-order valence-electron chi connectivity index (χ2n) is 5.64. The standard InChI is InChI=1S/C15H21ClN2O/c1-11(19)12-2-5-15(14(16)10-12)18-8-6-17(7-9-18)13-3-4-13/h2,5,10-11,13,19H,3-4,6-9H2,1H3. The lowest BCUT2D eigenvalue weighted by Gasteiger charge is -2.36. The van der Waals surface area contributed by atoms with Gasteiger partial charge in [0, 0.05) is 32.2 Å². The highest BCUT2D eigenvalue weighted by molar-refractivity contribution is 6.33. The first-order valence-corrected chi connectivity index (χ1v) is 7.49. The van der Waals surface area contributed by atoms with E-state index in [9.17, 15) is 5.11 Å². The molecule has 1 aromatic carbocycles. The molecule has 1 aliphatic heterocycles. The minimum atomic E-state index is -0.460. The fourth-order valence-corrected chi connectivity index (χ4v) is 3.12. The van der Waals surface area contributed by atoms with Crippen molar-refractivity contribution in [3.05, 3.63) is 28.8 Å². The highest BCUT2D eigenvalue weighted by atomic mass is 35.5. The van der Waals surface area contributed by atoms with Crippen LogP contribution in [0.4, 0.5) is 5.69 Å². The Morgan fingerprint density at radius 3 is 2.42 bits per heavy atom. The van der Waals surface area contributed by atoms with Gasteiger partial charge in [0.15, 0.2) is 0 Å². The second kappa shape index (κ2) is 5.31. The lowest BCUT2D eigenvalue weighted by atomic mass is 10.1. The molecule has 0 radical (unpaired) electrons. The van der Waals surface area contributed by atoms with Crippen LogP contribution < -0.4 is 4.90 Å². The summed E-state index contributed by atoms with van der Waals surface area (Å²) in [5, 5.41) is 10.3. The highest BCUT2D eigenvalue weighted by Gasteiger charge is 2.31. The molecule has 1 aliphatic carbocycles. The molecule has 1 aromatic rings. The molecule has 0 amide bonds. The van der Waals surface area contributed by atoms with Crippen molar-refractivity contribution in [2.45, 2.75) is 31.9 Å².